The van der Waals surface area contributed by atoms with Crippen LogP contribution >= 0.6 is 0 Å². The fourth-order valence-corrected chi connectivity index (χ4v) is 6.16. The first kappa shape index (κ1) is 18.0. The summed E-state index contributed by atoms with van der Waals surface area (Å²) < 4.78 is 28.1. The highest BCUT2D eigenvalue weighted by Crippen LogP contribution is 2.43. The minimum absolute atomic E-state index is 0.0679. The molecule has 26 heavy (non-hydrogen) atoms. The smallest absolute Gasteiger partial charge is 0.243 e. The lowest BCUT2D eigenvalue weighted by Crippen LogP contribution is -2.55. The van der Waals surface area contributed by atoms with Crippen LogP contribution in [-0.4, -0.2) is 49.2 Å². The van der Waals surface area contributed by atoms with Gasteiger partial charge in [0.2, 0.25) is 15.9 Å². The normalized spacial score (nSPS) is 27.9. The van der Waals surface area contributed by atoms with E-state index in [1.54, 1.807) is 16.4 Å². The third-order valence-corrected chi connectivity index (χ3v) is 8.27. The Morgan fingerprint density at radius 3 is 2.54 bits per heavy atom. The second kappa shape index (κ2) is 6.34. The van der Waals surface area contributed by atoms with E-state index >= 15 is 0 Å². The Kier molecular flexibility index (Phi) is 4.39. The molecule has 0 unspecified atom stereocenters. The molecule has 0 N–H and O–H groups in total. The number of likely N-dealkylation sites (tertiary alicyclic amines) is 1. The van der Waals surface area contributed by atoms with Gasteiger partial charge in [-0.1, -0.05) is 6.07 Å². The van der Waals surface area contributed by atoms with Crippen molar-refractivity contribution in [2.45, 2.75) is 63.3 Å². The number of hydrogen-bond donors (Lipinski definition) is 0. The highest BCUT2D eigenvalue weighted by Gasteiger charge is 2.47. The van der Waals surface area contributed by atoms with Gasteiger partial charge in [-0.2, -0.15) is 4.31 Å². The Bertz CT molecular complexity index is 831. The number of aryl methyl sites for hydroxylation is 2. The predicted molar refractivity (Wildman–Crippen MR) is 100 cm³/mol. The first-order valence-corrected chi connectivity index (χ1v) is 11.1. The van der Waals surface area contributed by atoms with Gasteiger partial charge in [-0.3, -0.25) is 4.79 Å². The lowest BCUT2D eigenvalue weighted by Gasteiger charge is -2.48. The summed E-state index contributed by atoms with van der Waals surface area (Å²) in [5.41, 5.74) is 2.03. The molecule has 1 saturated carbocycles. The lowest BCUT2D eigenvalue weighted by molar-refractivity contribution is -0.139. The van der Waals surface area contributed by atoms with E-state index in [0.29, 0.717) is 30.4 Å². The van der Waals surface area contributed by atoms with E-state index in [-0.39, 0.29) is 11.3 Å². The van der Waals surface area contributed by atoms with Gasteiger partial charge in [0.15, 0.2) is 0 Å². The average Bonchev–Trinajstić information content (AvgIpc) is 3.45. The van der Waals surface area contributed by atoms with Crippen molar-refractivity contribution < 1.29 is 13.2 Å². The number of nitrogens with zero attached hydrogens (tertiary/aromatic N) is 2. The van der Waals surface area contributed by atoms with Gasteiger partial charge in [-0.15, -0.1) is 0 Å². The van der Waals surface area contributed by atoms with E-state index in [9.17, 15) is 13.2 Å². The Hall–Kier alpha value is -1.40. The first-order valence-electron chi connectivity index (χ1n) is 9.68. The van der Waals surface area contributed by atoms with Gasteiger partial charge in [0.05, 0.1) is 4.90 Å². The second-order valence-electron chi connectivity index (χ2n) is 8.44. The Balaban J connectivity index is 1.57. The van der Waals surface area contributed by atoms with Crippen LogP contribution in [0.4, 0.5) is 0 Å². The second-order valence-corrected chi connectivity index (χ2v) is 10.4. The van der Waals surface area contributed by atoms with Gasteiger partial charge >= 0.3 is 0 Å². The number of carbonyl (C=O) groups excluding carboxylic acids is 1. The molecule has 4 rings (SSSR count). The molecule has 0 radical (unpaired) electrons. The molecule has 1 atom stereocenters. The molecular weight excluding hydrogens is 348 g/mol. The van der Waals surface area contributed by atoms with Crippen LogP contribution in [-0.2, 0) is 14.8 Å². The molecule has 5 nitrogen and oxygen atoms in total. The van der Waals surface area contributed by atoms with Crippen molar-refractivity contribution in [3.63, 3.8) is 0 Å². The van der Waals surface area contributed by atoms with Crippen molar-refractivity contribution in [1.29, 1.82) is 0 Å². The minimum Gasteiger partial charge on any atom is -0.339 e. The van der Waals surface area contributed by atoms with Crippen molar-refractivity contribution in [1.82, 2.24) is 9.21 Å². The largest absolute Gasteiger partial charge is 0.339 e. The van der Waals surface area contributed by atoms with Crippen molar-refractivity contribution >= 4 is 15.9 Å². The number of amides is 1. The summed E-state index contributed by atoms with van der Waals surface area (Å²) in [6.45, 7) is 5.79. The molecule has 3 aliphatic rings. The summed E-state index contributed by atoms with van der Waals surface area (Å²) >= 11 is 0. The standard InChI is InChI=1S/C20H28N2O3S/c1-15-4-7-18(12-16(15)2)26(24,25)21-11-3-9-20(13-21)10-8-19(23)22(14-20)17-5-6-17/h4,7,12,17H,3,5-6,8-11,13-14H2,1-2H3/t20-/m0/s1. The fraction of sp³-hybridized carbons (Fsp3) is 0.650. The maximum Gasteiger partial charge on any atom is 0.243 e. The molecule has 0 bridgehead atoms. The third-order valence-electron chi connectivity index (χ3n) is 6.43. The summed E-state index contributed by atoms with van der Waals surface area (Å²) in [5.74, 6) is 0.257. The van der Waals surface area contributed by atoms with E-state index in [0.717, 1.165) is 49.8 Å². The van der Waals surface area contributed by atoms with Gasteiger partial charge in [-0.25, -0.2) is 8.42 Å². The fourth-order valence-electron chi connectivity index (χ4n) is 4.49. The third kappa shape index (κ3) is 3.18. The zero-order chi connectivity index (χ0) is 18.5. The summed E-state index contributed by atoms with van der Waals surface area (Å²) in [5, 5.41) is 0. The van der Waals surface area contributed by atoms with Crippen molar-refractivity contribution in [2.24, 2.45) is 5.41 Å². The van der Waals surface area contributed by atoms with Crippen LogP contribution in [0.15, 0.2) is 23.1 Å². The van der Waals surface area contributed by atoms with Gasteiger partial charge in [-0.05, 0) is 69.2 Å². The maximum absolute atomic E-state index is 13.2. The molecule has 142 valence electrons. The molecule has 1 amide bonds. The molecular formula is C20H28N2O3S. The summed E-state index contributed by atoms with van der Waals surface area (Å²) in [7, 11) is -3.48. The van der Waals surface area contributed by atoms with Gasteiger partial charge in [0.25, 0.3) is 0 Å². The molecule has 2 heterocycles. The van der Waals surface area contributed by atoms with Crippen LogP contribution in [0.1, 0.15) is 49.7 Å². The van der Waals surface area contributed by atoms with Crippen LogP contribution < -0.4 is 0 Å². The molecule has 1 aromatic rings. The molecule has 1 spiro atoms. The molecule has 0 aromatic heterocycles. The van der Waals surface area contributed by atoms with Crippen molar-refractivity contribution in [2.75, 3.05) is 19.6 Å². The minimum atomic E-state index is -3.48. The maximum atomic E-state index is 13.2. The average molecular weight is 377 g/mol. The highest BCUT2D eigenvalue weighted by atomic mass is 32.2. The van der Waals surface area contributed by atoms with Gasteiger partial charge in [0.1, 0.15) is 0 Å². The number of hydrogen-bond acceptors (Lipinski definition) is 3. The summed E-state index contributed by atoms with van der Waals surface area (Å²) in [6, 6.07) is 5.80. The summed E-state index contributed by atoms with van der Waals surface area (Å²) in [4.78, 5) is 14.7. The van der Waals surface area contributed by atoms with Crippen LogP contribution in [0.25, 0.3) is 0 Å². The zero-order valence-electron chi connectivity index (χ0n) is 15.7. The quantitative estimate of drug-likeness (QED) is 0.815. The molecule has 1 aromatic carbocycles. The number of benzene rings is 1. The Morgan fingerprint density at radius 2 is 1.85 bits per heavy atom. The molecule has 2 saturated heterocycles. The van der Waals surface area contributed by atoms with Crippen LogP contribution in [0.2, 0.25) is 0 Å². The predicted octanol–water partition coefficient (Wildman–Crippen LogP) is 2.86. The SMILES string of the molecule is Cc1ccc(S(=O)(=O)N2CCC[C@]3(CCC(=O)N(C4CC4)C3)C2)cc1C. The van der Waals surface area contributed by atoms with Crippen LogP contribution in [0.3, 0.4) is 0 Å². The number of rotatable bonds is 3. The number of carbonyl (C=O) groups is 1. The van der Waals surface area contributed by atoms with E-state index in [2.05, 4.69) is 0 Å². The topological polar surface area (TPSA) is 57.7 Å². The molecule has 3 fully saturated rings. The van der Waals surface area contributed by atoms with Crippen LogP contribution in [0.5, 0.6) is 0 Å². The Labute approximate surface area is 156 Å². The van der Waals surface area contributed by atoms with Crippen molar-refractivity contribution in [3.05, 3.63) is 29.3 Å². The van der Waals surface area contributed by atoms with E-state index in [4.69, 9.17) is 0 Å². The van der Waals surface area contributed by atoms with E-state index in [1.807, 2.05) is 24.8 Å². The molecule has 2 aliphatic heterocycles. The molecule has 1 aliphatic carbocycles. The molecule has 6 heteroatoms. The lowest BCUT2D eigenvalue weighted by atomic mass is 9.74. The number of piperidine rings is 2. The van der Waals surface area contributed by atoms with Crippen molar-refractivity contribution in [3.8, 4) is 0 Å². The first-order chi connectivity index (χ1) is 12.3. The van der Waals surface area contributed by atoms with E-state index < -0.39 is 10.0 Å². The van der Waals surface area contributed by atoms with Gasteiger partial charge < -0.3 is 4.90 Å². The Morgan fingerprint density at radius 1 is 1.08 bits per heavy atom. The zero-order valence-corrected chi connectivity index (χ0v) is 16.5. The van der Waals surface area contributed by atoms with E-state index in [1.165, 1.54) is 0 Å². The van der Waals surface area contributed by atoms with Crippen LogP contribution in [0, 0.1) is 19.3 Å². The number of sulfonamides is 1. The highest BCUT2D eigenvalue weighted by molar-refractivity contribution is 7.89. The monoisotopic (exact) mass is 376 g/mol. The van der Waals surface area contributed by atoms with Gasteiger partial charge in [0, 0.05) is 37.5 Å². The summed E-state index contributed by atoms with van der Waals surface area (Å²) in [6.07, 6.45) is 5.47.